The van der Waals surface area contributed by atoms with E-state index in [1.54, 1.807) is 21.6 Å². The lowest BCUT2D eigenvalue weighted by Crippen LogP contribution is -2.67. The maximum atomic E-state index is 13.1. The molecule has 1 amide bonds. The van der Waals surface area contributed by atoms with Crippen LogP contribution in [0.4, 0.5) is 44.3 Å². The second kappa shape index (κ2) is 13.4. The summed E-state index contributed by atoms with van der Waals surface area (Å²) >= 11 is 0. The molecule has 4 aliphatic rings. The third-order valence-corrected chi connectivity index (χ3v) is 12.7. The number of benzene rings is 1. The molecule has 3 aliphatic carbocycles. The Morgan fingerprint density at radius 2 is 1.65 bits per heavy atom. The van der Waals surface area contributed by atoms with Crippen LogP contribution in [0.25, 0.3) is 0 Å². The van der Waals surface area contributed by atoms with Crippen LogP contribution in [0.2, 0.25) is 0 Å². The Labute approximate surface area is 268 Å². The van der Waals surface area contributed by atoms with Crippen LogP contribution in [0.1, 0.15) is 68.9 Å². The predicted octanol–water partition coefficient (Wildman–Crippen LogP) is 9.00. The van der Waals surface area contributed by atoms with E-state index in [0.717, 1.165) is 55.6 Å². The molecule has 1 unspecified atom stereocenters. The first-order valence-corrected chi connectivity index (χ1v) is 17.8. The van der Waals surface area contributed by atoms with Gasteiger partial charge in [0.15, 0.2) is 0 Å². The summed E-state index contributed by atoms with van der Waals surface area (Å²) in [7, 11) is 3.51. The number of ether oxygens (including phenoxy) is 3. The van der Waals surface area contributed by atoms with Crippen LogP contribution in [-0.4, -0.2) is 67.1 Å². The first-order chi connectivity index (χ1) is 21.5. The second-order valence-corrected chi connectivity index (χ2v) is 15.4. The highest BCUT2D eigenvalue weighted by Crippen LogP contribution is 2.62. The van der Waals surface area contributed by atoms with Crippen LogP contribution in [0.5, 0.6) is 5.75 Å². The number of halogens is 9. The highest BCUT2D eigenvalue weighted by molar-refractivity contribution is 8.76. The van der Waals surface area contributed by atoms with E-state index in [1.807, 2.05) is 18.2 Å². The number of hydrogen-bond donors (Lipinski definition) is 1. The van der Waals surface area contributed by atoms with E-state index in [9.17, 15) is 44.3 Å². The van der Waals surface area contributed by atoms with Crippen molar-refractivity contribution in [3.63, 3.8) is 0 Å². The predicted molar refractivity (Wildman–Crippen MR) is 155 cm³/mol. The number of carbonyl (C=O) groups is 1. The molecule has 1 N–H and O–H groups in total. The van der Waals surface area contributed by atoms with E-state index in [-0.39, 0.29) is 36.0 Å². The minimum Gasteiger partial charge on any atom is -0.410 e. The standard InChI is InChI=1S/C30H36F9NO4S2/c1-26-11-9-21-20-6-4-19(44-25(41)40-18-10-14-45-46-16-18)15-17(20)3-5-22(21)23(26)7-8-24(26)42-12-2-13-43-27(28(31,32)33,29(34,35)36)30(37,38)39/h4,6,15,18,21-24H,2-3,5,7-14,16H2,1H3,(H,40,41)/t18?,21-,22-,23+,24+,26+/m1/s1. The lowest BCUT2D eigenvalue weighted by molar-refractivity contribution is -0.457. The molecule has 1 heterocycles. The van der Waals surface area contributed by atoms with E-state index < -0.39 is 43.3 Å². The highest BCUT2D eigenvalue weighted by atomic mass is 33.1. The molecular weight excluding hydrogens is 673 g/mol. The van der Waals surface area contributed by atoms with Gasteiger partial charge in [0.25, 0.3) is 0 Å². The third kappa shape index (κ3) is 6.83. The van der Waals surface area contributed by atoms with Crippen molar-refractivity contribution >= 4 is 27.7 Å². The molecule has 0 spiro atoms. The summed E-state index contributed by atoms with van der Waals surface area (Å²) in [4.78, 5) is 12.4. The van der Waals surface area contributed by atoms with Crippen molar-refractivity contribution in [2.45, 2.75) is 100 Å². The zero-order valence-corrected chi connectivity index (χ0v) is 26.6. The van der Waals surface area contributed by atoms with Gasteiger partial charge in [0.2, 0.25) is 0 Å². The maximum Gasteiger partial charge on any atom is 0.435 e. The van der Waals surface area contributed by atoms with E-state index in [0.29, 0.717) is 18.1 Å². The fourth-order valence-corrected chi connectivity index (χ4v) is 10.4. The van der Waals surface area contributed by atoms with Gasteiger partial charge in [-0.05, 0) is 97.8 Å². The number of nitrogens with one attached hydrogen (secondary N) is 1. The summed E-state index contributed by atoms with van der Waals surface area (Å²) < 4.78 is 133. The summed E-state index contributed by atoms with van der Waals surface area (Å²) in [5.74, 6) is 3.19. The van der Waals surface area contributed by atoms with E-state index >= 15 is 0 Å². The monoisotopic (exact) mass is 709 g/mol. The van der Waals surface area contributed by atoms with Gasteiger partial charge in [-0.3, -0.25) is 0 Å². The Kier molecular flexibility index (Phi) is 10.4. The van der Waals surface area contributed by atoms with Crippen LogP contribution in [0.3, 0.4) is 0 Å². The van der Waals surface area contributed by atoms with Crippen molar-refractivity contribution in [3.05, 3.63) is 29.3 Å². The zero-order chi connectivity index (χ0) is 33.5. The maximum absolute atomic E-state index is 13.1. The molecule has 5 nitrogen and oxygen atoms in total. The molecular formula is C30H36F9NO4S2. The molecule has 1 saturated heterocycles. The molecule has 6 atom stereocenters. The van der Waals surface area contributed by atoms with Crippen molar-refractivity contribution in [1.29, 1.82) is 0 Å². The van der Waals surface area contributed by atoms with Crippen molar-refractivity contribution in [2.24, 2.45) is 17.3 Å². The molecule has 260 valence electrons. The van der Waals surface area contributed by atoms with Gasteiger partial charge in [-0.2, -0.15) is 39.5 Å². The summed E-state index contributed by atoms with van der Waals surface area (Å²) in [6.45, 7) is 0.320. The fraction of sp³-hybridized carbons (Fsp3) is 0.767. The second-order valence-electron chi connectivity index (χ2n) is 12.8. The Bertz CT molecular complexity index is 1200. The van der Waals surface area contributed by atoms with Crippen LogP contribution in [0, 0.1) is 17.3 Å². The number of aryl methyl sites for hydroxylation is 1. The Hall–Kier alpha value is -1.52. The fourth-order valence-electron chi connectivity index (χ4n) is 7.97. The topological polar surface area (TPSA) is 56.8 Å². The highest BCUT2D eigenvalue weighted by Gasteiger charge is 2.85. The molecule has 46 heavy (non-hydrogen) atoms. The lowest BCUT2D eigenvalue weighted by Gasteiger charge is -2.50. The average molecular weight is 710 g/mol. The SMILES string of the molecule is C[C@]12CC[C@@H]3c4ccc(OC(=O)NC5CCSSC5)cc4CC[C@H]3[C@@H]1CC[C@@H]2OCCCOC(C(F)(F)F)(C(F)(F)F)C(F)(F)F. The number of alkyl halides is 9. The Morgan fingerprint density at radius 1 is 0.935 bits per heavy atom. The molecule has 0 bridgehead atoms. The van der Waals surface area contributed by atoms with Gasteiger partial charge in [-0.15, -0.1) is 0 Å². The molecule has 1 aromatic rings. The van der Waals surface area contributed by atoms with Crippen LogP contribution in [-0.2, 0) is 15.9 Å². The molecule has 1 aliphatic heterocycles. The first-order valence-electron chi connectivity index (χ1n) is 15.3. The van der Waals surface area contributed by atoms with Crippen LogP contribution >= 0.6 is 21.6 Å². The summed E-state index contributed by atoms with van der Waals surface area (Å²) in [6.07, 6.45) is -15.9. The van der Waals surface area contributed by atoms with E-state index in [2.05, 4.69) is 17.0 Å². The van der Waals surface area contributed by atoms with Crippen molar-refractivity contribution in [1.82, 2.24) is 5.32 Å². The normalized spacial score (nSPS) is 30.3. The van der Waals surface area contributed by atoms with Crippen molar-refractivity contribution in [3.8, 4) is 5.75 Å². The largest absolute Gasteiger partial charge is 0.435 e. The number of rotatable bonds is 8. The van der Waals surface area contributed by atoms with Crippen LogP contribution < -0.4 is 10.1 Å². The molecule has 2 saturated carbocycles. The quantitative estimate of drug-likeness (QED) is 0.165. The van der Waals surface area contributed by atoms with Gasteiger partial charge in [0.1, 0.15) is 5.75 Å². The minimum atomic E-state index is -6.75. The third-order valence-electron chi connectivity index (χ3n) is 10.2. The van der Waals surface area contributed by atoms with Gasteiger partial charge in [-0.1, -0.05) is 34.6 Å². The van der Waals surface area contributed by atoms with Gasteiger partial charge in [0.05, 0.1) is 12.7 Å². The van der Waals surface area contributed by atoms with Crippen molar-refractivity contribution in [2.75, 3.05) is 24.7 Å². The summed E-state index contributed by atoms with van der Waals surface area (Å²) in [6, 6.07) is 5.85. The molecule has 16 heteroatoms. The number of hydrogen-bond acceptors (Lipinski definition) is 6. The van der Waals surface area contributed by atoms with Crippen molar-refractivity contribution < 1.29 is 58.5 Å². The molecule has 0 aromatic heterocycles. The Balaban J connectivity index is 1.15. The number of carbonyl (C=O) groups excluding carboxylic acids is 1. The zero-order valence-electron chi connectivity index (χ0n) is 25.0. The van der Waals surface area contributed by atoms with Gasteiger partial charge >= 0.3 is 30.2 Å². The first kappa shape index (κ1) is 35.8. The Morgan fingerprint density at radius 3 is 2.30 bits per heavy atom. The molecule has 0 radical (unpaired) electrons. The van der Waals surface area contributed by atoms with E-state index in [1.165, 1.54) is 5.56 Å². The van der Waals surface area contributed by atoms with Crippen LogP contribution in [0.15, 0.2) is 18.2 Å². The van der Waals surface area contributed by atoms with Gasteiger partial charge in [-0.25, -0.2) is 4.79 Å². The van der Waals surface area contributed by atoms with E-state index in [4.69, 9.17) is 9.47 Å². The average Bonchev–Trinajstić information content (AvgIpc) is 3.29. The smallest absolute Gasteiger partial charge is 0.410 e. The lowest BCUT2D eigenvalue weighted by atomic mass is 9.55. The minimum absolute atomic E-state index is 0.0823. The molecule has 5 rings (SSSR count). The summed E-state index contributed by atoms with van der Waals surface area (Å²) in [5.41, 5.74) is -4.20. The van der Waals surface area contributed by atoms with Gasteiger partial charge in [0, 0.05) is 24.2 Å². The van der Waals surface area contributed by atoms with Gasteiger partial charge < -0.3 is 19.5 Å². The number of fused-ring (bicyclic) bond motifs is 5. The molecule has 1 aromatic carbocycles. The number of amides is 1. The summed E-state index contributed by atoms with van der Waals surface area (Å²) in [5, 5.41) is 2.92. The molecule has 3 fully saturated rings.